The first-order valence-electron chi connectivity index (χ1n) is 4.98. The third-order valence-electron chi connectivity index (χ3n) is 2.51. The van der Waals surface area contributed by atoms with Gasteiger partial charge in [0.25, 0.3) is 0 Å². The second-order valence-electron chi connectivity index (χ2n) is 4.77. The van der Waals surface area contributed by atoms with E-state index in [0.717, 1.165) is 5.56 Å². The molecule has 0 spiro atoms. The van der Waals surface area contributed by atoms with Crippen LogP contribution in [0.3, 0.4) is 0 Å². The van der Waals surface area contributed by atoms with Crippen LogP contribution in [0, 0.1) is 5.41 Å². The van der Waals surface area contributed by atoms with E-state index in [-0.39, 0.29) is 29.6 Å². The number of benzene rings is 1. The van der Waals surface area contributed by atoms with E-state index in [4.69, 9.17) is 10.5 Å². The summed E-state index contributed by atoms with van der Waals surface area (Å²) in [6, 6.07) is 5.01. The minimum atomic E-state index is -0.191. The number of halogens is 1. The lowest BCUT2D eigenvalue weighted by atomic mass is 9.83. The molecule has 1 atom stereocenters. The average molecular weight is 246 g/mol. The number of hydrogen-bond donors (Lipinski definition) is 2. The Morgan fingerprint density at radius 2 is 1.88 bits per heavy atom. The minimum Gasteiger partial charge on any atom is -0.507 e. The Morgan fingerprint density at radius 1 is 1.31 bits per heavy atom. The molecular formula is C12H20ClNO2. The van der Waals surface area contributed by atoms with E-state index in [1.54, 1.807) is 19.2 Å². The van der Waals surface area contributed by atoms with Gasteiger partial charge >= 0.3 is 0 Å². The van der Waals surface area contributed by atoms with Crippen LogP contribution in [0.5, 0.6) is 11.5 Å². The number of ether oxygens (including phenoxy) is 1. The summed E-state index contributed by atoms with van der Waals surface area (Å²) in [4.78, 5) is 0. The summed E-state index contributed by atoms with van der Waals surface area (Å²) in [5.41, 5.74) is 6.74. The summed E-state index contributed by atoms with van der Waals surface area (Å²) >= 11 is 0. The van der Waals surface area contributed by atoms with Crippen LogP contribution in [0.4, 0.5) is 0 Å². The summed E-state index contributed by atoms with van der Waals surface area (Å²) in [7, 11) is 1.57. The molecule has 4 heteroatoms. The number of rotatable bonds is 2. The molecule has 0 heterocycles. The number of aromatic hydroxyl groups is 1. The monoisotopic (exact) mass is 245 g/mol. The lowest BCUT2D eigenvalue weighted by Gasteiger charge is -2.28. The van der Waals surface area contributed by atoms with E-state index in [1.807, 2.05) is 26.8 Å². The minimum absolute atomic E-state index is 0. The number of hydrogen-bond acceptors (Lipinski definition) is 3. The van der Waals surface area contributed by atoms with Crippen LogP contribution in [0.1, 0.15) is 32.4 Å². The fourth-order valence-electron chi connectivity index (χ4n) is 1.38. The predicted octanol–water partition coefficient (Wildman–Crippen LogP) is 2.87. The first-order chi connectivity index (χ1) is 6.86. The van der Waals surface area contributed by atoms with Crippen LogP contribution in [-0.4, -0.2) is 12.2 Å². The van der Waals surface area contributed by atoms with Crippen molar-refractivity contribution in [1.29, 1.82) is 0 Å². The quantitative estimate of drug-likeness (QED) is 0.843. The van der Waals surface area contributed by atoms with Crippen molar-refractivity contribution in [2.45, 2.75) is 26.8 Å². The topological polar surface area (TPSA) is 55.5 Å². The first kappa shape index (κ1) is 15.1. The Balaban J connectivity index is 0.00000225. The lowest BCUT2D eigenvalue weighted by molar-refractivity contribution is 0.316. The van der Waals surface area contributed by atoms with Crippen LogP contribution < -0.4 is 10.5 Å². The lowest BCUT2D eigenvalue weighted by Crippen LogP contribution is -2.26. The molecule has 0 amide bonds. The second kappa shape index (κ2) is 5.41. The zero-order valence-electron chi connectivity index (χ0n) is 10.2. The van der Waals surface area contributed by atoms with Gasteiger partial charge in [0.05, 0.1) is 7.11 Å². The van der Waals surface area contributed by atoms with Gasteiger partial charge in [-0.25, -0.2) is 0 Å². The highest BCUT2D eigenvalue weighted by molar-refractivity contribution is 5.85. The Hall–Kier alpha value is -0.930. The normalized spacial score (nSPS) is 12.8. The highest BCUT2D eigenvalue weighted by Crippen LogP contribution is 2.36. The molecule has 3 N–H and O–H groups in total. The molecule has 0 aromatic heterocycles. The summed E-state index contributed by atoms with van der Waals surface area (Å²) in [5.74, 6) is 0.828. The maximum atomic E-state index is 9.80. The highest BCUT2D eigenvalue weighted by Gasteiger charge is 2.24. The van der Waals surface area contributed by atoms with Gasteiger partial charge in [0.15, 0.2) is 0 Å². The van der Waals surface area contributed by atoms with Gasteiger partial charge in [0, 0.05) is 17.7 Å². The standard InChI is InChI=1S/C12H19NO2.ClH/c1-12(2,3)11(13)9-6-5-8(15-4)7-10(9)14;/h5-7,11,14H,13H2,1-4H3;1H/t11-;/m1./s1. The molecule has 1 aromatic rings. The Labute approximate surface area is 103 Å². The van der Waals surface area contributed by atoms with Gasteiger partial charge in [-0.15, -0.1) is 12.4 Å². The van der Waals surface area contributed by atoms with Gasteiger partial charge < -0.3 is 15.6 Å². The average Bonchev–Trinajstić information content (AvgIpc) is 2.15. The van der Waals surface area contributed by atoms with Gasteiger partial charge in [-0.1, -0.05) is 26.8 Å². The van der Waals surface area contributed by atoms with Crippen LogP contribution in [0.2, 0.25) is 0 Å². The van der Waals surface area contributed by atoms with Crippen molar-refractivity contribution in [3.05, 3.63) is 23.8 Å². The van der Waals surface area contributed by atoms with Crippen molar-refractivity contribution in [3.63, 3.8) is 0 Å². The van der Waals surface area contributed by atoms with E-state index in [1.165, 1.54) is 0 Å². The van der Waals surface area contributed by atoms with Crippen LogP contribution in [-0.2, 0) is 0 Å². The van der Waals surface area contributed by atoms with E-state index in [9.17, 15) is 5.11 Å². The van der Waals surface area contributed by atoms with Crippen molar-refractivity contribution < 1.29 is 9.84 Å². The molecule has 0 saturated heterocycles. The smallest absolute Gasteiger partial charge is 0.124 e. The maximum Gasteiger partial charge on any atom is 0.124 e. The summed E-state index contributed by atoms with van der Waals surface area (Å²) < 4.78 is 5.01. The molecule has 0 unspecified atom stereocenters. The first-order valence-corrected chi connectivity index (χ1v) is 4.98. The molecule has 92 valence electrons. The third kappa shape index (κ3) is 3.29. The number of phenolic OH excluding ortho intramolecular Hbond substituents is 1. The van der Waals surface area contributed by atoms with Crippen molar-refractivity contribution >= 4 is 12.4 Å². The zero-order chi connectivity index (χ0) is 11.6. The van der Waals surface area contributed by atoms with Crippen LogP contribution >= 0.6 is 12.4 Å². The molecule has 0 aliphatic rings. The second-order valence-corrected chi connectivity index (χ2v) is 4.77. The molecule has 1 rings (SSSR count). The van der Waals surface area contributed by atoms with Crippen LogP contribution in [0.15, 0.2) is 18.2 Å². The predicted molar refractivity (Wildman–Crippen MR) is 68.3 cm³/mol. The number of phenols is 1. The summed E-state index contributed by atoms with van der Waals surface area (Å²) in [5, 5.41) is 9.80. The summed E-state index contributed by atoms with van der Waals surface area (Å²) in [6.07, 6.45) is 0. The molecule has 0 radical (unpaired) electrons. The van der Waals surface area contributed by atoms with Crippen molar-refractivity contribution in [2.75, 3.05) is 7.11 Å². The molecule has 3 nitrogen and oxygen atoms in total. The number of nitrogens with two attached hydrogens (primary N) is 1. The van der Waals surface area contributed by atoms with E-state index in [0.29, 0.717) is 5.75 Å². The molecule has 0 saturated carbocycles. The van der Waals surface area contributed by atoms with E-state index >= 15 is 0 Å². The molecule has 1 aromatic carbocycles. The molecular weight excluding hydrogens is 226 g/mol. The van der Waals surface area contributed by atoms with Gasteiger partial charge in [-0.3, -0.25) is 0 Å². The fraction of sp³-hybridized carbons (Fsp3) is 0.500. The van der Waals surface area contributed by atoms with Gasteiger partial charge in [0.2, 0.25) is 0 Å². The molecule has 0 bridgehead atoms. The molecule has 0 aliphatic carbocycles. The number of methoxy groups -OCH3 is 1. The summed E-state index contributed by atoms with van der Waals surface area (Å²) in [6.45, 7) is 6.13. The SMILES string of the molecule is COc1ccc([C@@H](N)C(C)(C)C)c(O)c1.Cl. The highest BCUT2D eigenvalue weighted by atomic mass is 35.5. The van der Waals surface area contributed by atoms with Gasteiger partial charge in [-0.2, -0.15) is 0 Å². The van der Waals surface area contributed by atoms with Crippen molar-refractivity contribution in [3.8, 4) is 11.5 Å². The molecule has 16 heavy (non-hydrogen) atoms. The fourth-order valence-corrected chi connectivity index (χ4v) is 1.38. The Bertz CT molecular complexity index is 347. The van der Waals surface area contributed by atoms with Crippen molar-refractivity contribution in [2.24, 2.45) is 11.1 Å². The van der Waals surface area contributed by atoms with Crippen molar-refractivity contribution in [1.82, 2.24) is 0 Å². The van der Waals surface area contributed by atoms with Crippen LogP contribution in [0.25, 0.3) is 0 Å². The van der Waals surface area contributed by atoms with E-state index in [2.05, 4.69) is 0 Å². The van der Waals surface area contributed by atoms with E-state index < -0.39 is 0 Å². The largest absolute Gasteiger partial charge is 0.507 e. The van der Waals surface area contributed by atoms with Gasteiger partial charge in [0.1, 0.15) is 11.5 Å². The Kier molecular flexibility index (Phi) is 5.10. The zero-order valence-corrected chi connectivity index (χ0v) is 11.0. The Morgan fingerprint density at radius 3 is 2.25 bits per heavy atom. The third-order valence-corrected chi connectivity index (χ3v) is 2.51. The molecule has 0 aliphatic heterocycles. The maximum absolute atomic E-state index is 9.80. The van der Waals surface area contributed by atoms with Gasteiger partial charge in [-0.05, 0) is 11.5 Å². The molecule has 0 fully saturated rings.